The molecule has 4 saturated carbocycles. The van der Waals surface area contributed by atoms with Crippen LogP contribution in [0.5, 0.6) is 0 Å². The molecule has 0 spiro atoms. The second-order valence-electron chi connectivity index (χ2n) is 20.0. The molecule has 9 nitrogen and oxygen atoms in total. The Labute approximate surface area is 331 Å². The third-order valence-electron chi connectivity index (χ3n) is 17.3. The minimum absolute atomic E-state index is 0.0446. The van der Waals surface area contributed by atoms with Gasteiger partial charge in [0.05, 0.1) is 23.7 Å². The summed E-state index contributed by atoms with van der Waals surface area (Å²) < 4.78 is 20.2. The van der Waals surface area contributed by atoms with Crippen LogP contribution >= 0.6 is 10.6 Å². The van der Waals surface area contributed by atoms with Gasteiger partial charge in [-0.2, -0.15) is 10.6 Å². The van der Waals surface area contributed by atoms with Gasteiger partial charge in [0.15, 0.2) is 0 Å². The topological polar surface area (TPSA) is 134 Å². The largest absolute Gasteiger partial charge is 0.478 e. The zero-order valence-corrected chi connectivity index (χ0v) is 35.2. The standard InChI is InChI=1S/C45H69N3O6S/c1-30(2)33-14-19-45(46-40(52)48(24-27-49)23-22-47-25-28-55(53,54)29-26-47)21-20-43(6)35(38(33)45)12-13-37-42(5)17-15-34(31-8-10-32(11-9-31)39(50)51)41(3,4)36(42)16-18-44(37,43)7/h8-11,15,33,35-38,49,53-54H,1,12-14,16-29H2,2-7H3,(H,46,52)(H,50,51)/t33-,35+,36-,37+,38+,42-,43+,44+,45-/m0/s1. The van der Waals surface area contributed by atoms with Gasteiger partial charge in [0.25, 0.3) is 0 Å². The minimum atomic E-state index is -2.48. The maximum absolute atomic E-state index is 14.3. The van der Waals surface area contributed by atoms with E-state index in [1.165, 1.54) is 30.4 Å². The Hall–Kier alpha value is -2.37. The van der Waals surface area contributed by atoms with Crippen molar-refractivity contribution in [3.05, 3.63) is 53.6 Å². The lowest BCUT2D eigenvalue weighted by molar-refractivity contribution is -0.218. The van der Waals surface area contributed by atoms with Gasteiger partial charge >= 0.3 is 12.0 Å². The molecule has 306 valence electrons. The number of nitrogens with zero attached hydrogens (tertiary/aromatic N) is 2. The van der Waals surface area contributed by atoms with Crippen molar-refractivity contribution in [3.8, 4) is 0 Å². The van der Waals surface area contributed by atoms with E-state index in [9.17, 15) is 28.9 Å². The Kier molecular flexibility index (Phi) is 10.7. The molecule has 7 rings (SSSR count). The van der Waals surface area contributed by atoms with E-state index in [0.29, 0.717) is 72.8 Å². The summed E-state index contributed by atoms with van der Waals surface area (Å²) in [5.41, 5.74) is 4.14. The number of aliphatic hydroxyl groups is 1. The van der Waals surface area contributed by atoms with Gasteiger partial charge in [0.2, 0.25) is 0 Å². The zero-order chi connectivity index (χ0) is 39.8. The van der Waals surface area contributed by atoms with Crippen LogP contribution in [0, 0.1) is 51.2 Å². The molecule has 5 N–H and O–H groups in total. The van der Waals surface area contributed by atoms with Crippen molar-refractivity contribution in [2.24, 2.45) is 51.2 Å². The lowest BCUT2D eigenvalue weighted by atomic mass is 9.33. The van der Waals surface area contributed by atoms with Crippen molar-refractivity contribution in [1.82, 2.24) is 15.1 Å². The van der Waals surface area contributed by atoms with Crippen molar-refractivity contribution in [2.45, 2.75) is 105 Å². The number of hydrogen-bond donors (Lipinski definition) is 5. The monoisotopic (exact) mass is 779 g/mol. The molecular formula is C45H69N3O6S. The van der Waals surface area contributed by atoms with Crippen LogP contribution in [0.3, 0.4) is 0 Å². The molecule has 6 aliphatic rings. The van der Waals surface area contributed by atoms with Crippen molar-refractivity contribution in [1.29, 1.82) is 0 Å². The first-order valence-corrected chi connectivity index (χ1v) is 23.0. The number of aliphatic hydroxyl groups excluding tert-OH is 1. The quantitative estimate of drug-likeness (QED) is 0.158. The number of hydrogen-bond acceptors (Lipinski definition) is 6. The lowest BCUT2D eigenvalue weighted by Gasteiger charge is -2.72. The van der Waals surface area contributed by atoms with Crippen molar-refractivity contribution in [2.75, 3.05) is 50.8 Å². The summed E-state index contributed by atoms with van der Waals surface area (Å²) in [5.74, 6) is 2.13. The Bertz CT molecular complexity index is 1680. The van der Waals surface area contributed by atoms with Gasteiger partial charge in [-0.05, 0) is 139 Å². The van der Waals surface area contributed by atoms with E-state index in [4.69, 9.17) is 0 Å². The Morgan fingerprint density at radius 2 is 1.60 bits per heavy atom. The number of carboxylic acid groups (broad SMARTS) is 1. The fourth-order valence-electron chi connectivity index (χ4n) is 14.2. The van der Waals surface area contributed by atoms with Crippen LogP contribution in [0.15, 0.2) is 42.5 Å². The number of aromatic carboxylic acids is 1. The number of amides is 2. The van der Waals surface area contributed by atoms with E-state index in [1.54, 1.807) is 17.0 Å². The first-order valence-electron chi connectivity index (χ1n) is 21.2. The highest BCUT2D eigenvalue weighted by molar-refractivity contribution is 8.24. The van der Waals surface area contributed by atoms with Crippen LogP contribution in [-0.2, 0) is 0 Å². The van der Waals surface area contributed by atoms with Crippen LogP contribution in [-0.4, -0.2) is 97.5 Å². The number of carbonyl (C=O) groups excluding carboxylic acids is 1. The molecule has 1 aliphatic heterocycles. The van der Waals surface area contributed by atoms with E-state index >= 15 is 0 Å². The minimum Gasteiger partial charge on any atom is -0.478 e. The van der Waals surface area contributed by atoms with Crippen LogP contribution in [0.25, 0.3) is 5.57 Å². The predicted octanol–water partition coefficient (Wildman–Crippen LogP) is 8.86. The molecule has 1 saturated heterocycles. The first kappa shape index (κ1) is 40.8. The van der Waals surface area contributed by atoms with Gasteiger partial charge in [-0.25, -0.2) is 9.59 Å². The average Bonchev–Trinajstić information content (AvgIpc) is 3.50. The molecule has 0 bridgehead atoms. The van der Waals surface area contributed by atoms with Crippen LogP contribution in [0.1, 0.15) is 115 Å². The fraction of sp³-hybridized carbons (Fsp3) is 0.733. The third-order valence-corrected chi connectivity index (χ3v) is 18.9. The van der Waals surface area contributed by atoms with Crippen LogP contribution in [0.4, 0.5) is 4.79 Å². The summed E-state index contributed by atoms with van der Waals surface area (Å²) in [7, 11) is -2.48. The summed E-state index contributed by atoms with van der Waals surface area (Å²) in [4.78, 5) is 29.9. The van der Waals surface area contributed by atoms with Gasteiger partial charge in [-0.15, -0.1) is 0 Å². The van der Waals surface area contributed by atoms with Crippen molar-refractivity contribution < 1.29 is 28.9 Å². The Morgan fingerprint density at radius 1 is 0.909 bits per heavy atom. The molecule has 0 unspecified atom stereocenters. The highest BCUT2D eigenvalue weighted by Gasteiger charge is 2.70. The summed E-state index contributed by atoms with van der Waals surface area (Å²) in [6.45, 7) is 22.0. The Morgan fingerprint density at radius 3 is 2.24 bits per heavy atom. The van der Waals surface area contributed by atoms with Gasteiger partial charge in [-0.1, -0.05) is 65.0 Å². The van der Waals surface area contributed by atoms with E-state index < -0.39 is 16.6 Å². The zero-order valence-electron chi connectivity index (χ0n) is 34.4. The summed E-state index contributed by atoms with van der Waals surface area (Å²) in [6.07, 6.45) is 12.3. The summed E-state index contributed by atoms with van der Waals surface area (Å²) >= 11 is 0. The van der Waals surface area contributed by atoms with Gasteiger partial charge in [-0.3, -0.25) is 14.0 Å². The molecule has 2 amide bonds. The van der Waals surface area contributed by atoms with Gasteiger partial charge in [0, 0.05) is 38.3 Å². The molecule has 5 fully saturated rings. The molecule has 0 aromatic heterocycles. The van der Waals surface area contributed by atoms with Crippen LogP contribution in [0.2, 0.25) is 0 Å². The Balaban J connectivity index is 1.13. The maximum Gasteiger partial charge on any atom is 0.335 e. The maximum atomic E-state index is 14.3. The molecular weight excluding hydrogens is 711 g/mol. The number of nitrogens with one attached hydrogen (secondary N) is 1. The van der Waals surface area contributed by atoms with Crippen LogP contribution < -0.4 is 5.32 Å². The van der Waals surface area contributed by atoms with E-state index in [-0.39, 0.29) is 46.4 Å². The highest BCUT2D eigenvalue weighted by Crippen LogP contribution is 2.76. The number of rotatable bonds is 9. The predicted molar refractivity (Wildman–Crippen MR) is 222 cm³/mol. The van der Waals surface area contributed by atoms with E-state index in [2.05, 4.69) is 64.4 Å². The van der Waals surface area contributed by atoms with E-state index in [1.807, 2.05) is 12.1 Å². The van der Waals surface area contributed by atoms with Gasteiger partial charge < -0.3 is 20.4 Å². The normalized spacial score (nSPS) is 39.7. The van der Waals surface area contributed by atoms with E-state index in [0.717, 1.165) is 44.1 Å². The smallest absolute Gasteiger partial charge is 0.335 e. The number of urea groups is 1. The number of allylic oxidation sites excluding steroid dienone is 3. The SMILES string of the molecule is C=C(C)[C@@H]1CC[C@]2(NC(=O)N(CCO)CCN3CCS(O)(O)CC3)CC[C@]3(C)[C@H](CC[C@@H]4[C@@]5(C)CC=C(c6ccc(C(=O)O)cc6)C(C)(C)[C@@H]5CC[C@]43C)[C@@H]12. The molecule has 0 radical (unpaired) electrons. The summed E-state index contributed by atoms with van der Waals surface area (Å²) in [6, 6.07) is 7.41. The number of carboxylic acids is 1. The lowest BCUT2D eigenvalue weighted by Crippen LogP contribution is -2.69. The number of fused-ring (bicyclic) bond motifs is 7. The van der Waals surface area contributed by atoms with Crippen molar-refractivity contribution >= 4 is 28.2 Å². The molecule has 1 aromatic carbocycles. The fourth-order valence-corrected chi connectivity index (χ4v) is 15.5. The molecule has 5 aliphatic carbocycles. The van der Waals surface area contributed by atoms with Gasteiger partial charge in [0.1, 0.15) is 0 Å². The number of benzene rings is 1. The number of carbonyl (C=O) groups is 2. The summed E-state index contributed by atoms with van der Waals surface area (Å²) in [5, 5.41) is 23.2. The molecule has 1 heterocycles. The second kappa shape index (κ2) is 14.5. The first-order chi connectivity index (χ1) is 25.8. The molecule has 10 heteroatoms. The molecule has 9 atom stereocenters. The van der Waals surface area contributed by atoms with Crippen molar-refractivity contribution in [3.63, 3.8) is 0 Å². The average molecular weight is 780 g/mol. The molecule has 55 heavy (non-hydrogen) atoms. The second-order valence-corrected chi connectivity index (χ2v) is 22.4. The highest BCUT2D eigenvalue weighted by atomic mass is 32.3. The molecule has 1 aromatic rings. The third kappa shape index (κ3) is 6.71.